The molecule has 1 aromatic rings. The summed E-state index contributed by atoms with van der Waals surface area (Å²) in [6.45, 7) is 7.57. The van der Waals surface area contributed by atoms with Crippen LogP contribution >= 0.6 is 0 Å². The molecule has 0 aromatic heterocycles. The lowest BCUT2D eigenvalue weighted by Gasteiger charge is -2.17. The lowest BCUT2D eigenvalue weighted by atomic mass is 10.1. The van der Waals surface area contributed by atoms with Crippen LogP contribution in [0.15, 0.2) is 24.3 Å². The summed E-state index contributed by atoms with van der Waals surface area (Å²) in [7, 11) is 0. The van der Waals surface area contributed by atoms with Gasteiger partial charge in [0.25, 0.3) is 0 Å². The Hall–Kier alpha value is -1.55. The molecule has 1 unspecified atom stereocenters. The fraction of sp³-hybridized carbons (Fsp3) is 0.500. The Kier molecular flexibility index (Phi) is 5.16. The van der Waals surface area contributed by atoms with Gasteiger partial charge in [-0.2, -0.15) is 0 Å². The average Bonchev–Trinajstić information content (AvgIpc) is 2.28. The van der Waals surface area contributed by atoms with E-state index >= 15 is 0 Å². The lowest BCUT2D eigenvalue weighted by Crippen LogP contribution is -2.39. The van der Waals surface area contributed by atoms with Crippen molar-refractivity contribution < 1.29 is 9.53 Å². The number of hydrogen-bond donors (Lipinski definition) is 2. The third kappa shape index (κ3) is 4.37. The molecule has 2 atom stereocenters. The minimum absolute atomic E-state index is 0.0587. The predicted molar refractivity (Wildman–Crippen MR) is 72.4 cm³/mol. The molecule has 18 heavy (non-hydrogen) atoms. The van der Waals surface area contributed by atoms with Gasteiger partial charge in [-0.05, 0) is 45.4 Å². The van der Waals surface area contributed by atoms with Crippen LogP contribution in [0.25, 0.3) is 0 Å². The Bertz CT molecular complexity index is 385. The van der Waals surface area contributed by atoms with Crippen molar-refractivity contribution in [2.45, 2.75) is 45.9 Å². The Labute approximate surface area is 109 Å². The second kappa shape index (κ2) is 6.40. The van der Waals surface area contributed by atoms with Crippen LogP contribution in [0, 0.1) is 0 Å². The molecule has 0 radical (unpaired) electrons. The van der Waals surface area contributed by atoms with E-state index in [9.17, 15) is 4.79 Å². The van der Waals surface area contributed by atoms with Crippen LogP contribution in [0.3, 0.4) is 0 Å². The van der Waals surface area contributed by atoms with Crippen molar-refractivity contribution in [3.63, 3.8) is 0 Å². The summed E-state index contributed by atoms with van der Waals surface area (Å²) in [6, 6.07) is 7.16. The fourth-order valence-corrected chi connectivity index (χ4v) is 1.54. The Morgan fingerprint density at radius 3 is 2.17 bits per heavy atom. The molecule has 1 aromatic carbocycles. The molecule has 0 heterocycles. The third-order valence-corrected chi connectivity index (χ3v) is 2.52. The second-order valence-corrected chi connectivity index (χ2v) is 4.75. The van der Waals surface area contributed by atoms with Crippen LogP contribution in [0.1, 0.15) is 39.3 Å². The number of carbonyl (C=O) groups is 1. The van der Waals surface area contributed by atoms with Gasteiger partial charge in [0.05, 0.1) is 18.2 Å². The maximum atomic E-state index is 11.5. The van der Waals surface area contributed by atoms with Gasteiger partial charge in [-0.3, -0.25) is 4.79 Å². The first-order valence-corrected chi connectivity index (χ1v) is 6.22. The zero-order chi connectivity index (χ0) is 13.7. The van der Waals surface area contributed by atoms with Gasteiger partial charge < -0.3 is 15.8 Å². The molecule has 0 fully saturated rings. The molecule has 1 amide bonds. The highest BCUT2D eigenvalue weighted by Crippen LogP contribution is 2.18. The monoisotopic (exact) mass is 250 g/mol. The maximum absolute atomic E-state index is 11.5. The summed E-state index contributed by atoms with van der Waals surface area (Å²) in [5.74, 6) is 0.685. The first-order chi connectivity index (χ1) is 8.40. The predicted octanol–water partition coefficient (Wildman–Crippen LogP) is 2.00. The number of hydrogen-bond acceptors (Lipinski definition) is 3. The highest BCUT2D eigenvalue weighted by atomic mass is 16.5. The summed E-state index contributed by atoms with van der Waals surface area (Å²) >= 11 is 0. The van der Waals surface area contributed by atoms with Crippen molar-refractivity contribution in [2.75, 3.05) is 0 Å². The summed E-state index contributed by atoms with van der Waals surface area (Å²) in [4.78, 5) is 11.5. The molecular weight excluding hydrogens is 228 g/mol. The largest absolute Gasteiger partial charge is 0.491 e. The fourth-order valence-electron chi connectivity index (χ4n) is 1.54. The van der Waals surface area contributed by atoms with E-state index in [1.807, 2.05) is 45.0 Å². The van der Waals surface area contributed by atoms with Crippen LogP contribution in [-0.4, -0.2) is 18.1 Å². The van der Waals surface area contributed by atoms with E-state index in [0.717, 1.165) is 11.3 Å². The zero-order valence-electron chi connectivity index (χ0n) is 11.4. The van der Waals surface area contributed by atoms with Crippen LogP contribution in [0.5, 0.6) is 5.75 Å². The topological polar surface area (TPSA) is 64.3 Å². The minimum atomic E-state index is -0.490. The standard InChI is InChI=1S/C14H22N2O2/c1-9(2)18-13-7-5-12(6-8-13)11(4)16-14(17)10(3)15/h5-11H,15H2,1-4H3,(H,16,17)/t10-,11?/m1/s1. The Morgan fingerprint density at radius 2 is 1.72 bits per heavy atom. The highest BCUT2D eigenvalue weighted by molar-refractivity contribution is 5.81. The van der Waals surface area contributed by atoms with Crippen LogP contribution in [0.2, 0.25) is 0 Å². The summed E-state index contributed by atoms with van der Waals surface area (Å²) < 4.78 is 5.56. The van der Waals surface area contributed by atoms with E-state index in [1.54, 1.807) is 6.92 Å². The van der Waals surface area contributed by atoms with E-state index in [0.29, 0.717) is 0 Å². The van der Waals surface area contributed by atoms with Crippen LogP contribution < -0.4 is 15.8 Å². The second-order valence-electron chi connectivity index (χ2n) is 4.75. The van der Waals surface area contributed by atoms with Gasteiger partial charge in [0, 0.05) is 0 Å². The molecule has 100 valence electrons. The van der Waals surface area contributed by atoms with Crippen molar-refractivity contribution in [1.82, 2.24) is 5.32 Å². The Morgan fingerprint density at radius 1 is 1.17 bits per heavy atom. The van der Waals surface area contributed by atoms with Crippen LogP contribution in [-0.2, 0) is 4.79 Å². The van der Waals surface area contributed by atoms with Crippen molar-refractivity contribution in [2.24, 2.45) is 5.73 Å². The molecule has 0 spiro atoms. The van der Waals surface area contributed by atoms with Gasteiger partial charge in [0.2, 0.25) is 5.91 Å². The molecule has 4 nitrogen and oxygen atoms in total. The van der Waals surface area contributed by atoms with Gasteiger partial charge in [-0.25, -0.2) is 0 Å². The van der Waals surface area contributed by atoms with Gasteiger partial charge in [-0.1, -0.05) is 12.1 Å². The highest BCUT2D eigenvalue weighted by Gasteiger charge is 2.12. The molecule has 0 saturated carbocycles. The number of carbonyl (C=O) groups excluding carboxylic acids is 1. The van der Waals surface area contributed by atoms with Crippen molar-refractivity contribution in [3.8, 4) is 5.75 Å². The van der Waals surface area contributed by atoms with E-state index in [1.165, 1.54) is 0 Å². The quantitative estimate of drug-likeness (QED) is 0.840. The van der Waals surface area contributed by atoms with Crippen LogP contribution in [0.4, 0.5) is 0 Å². The summed E-state index contributed by atoms with van der Waals surface area (Å²) in [6.07, 6.45) is 0.158. The maximum Gasteiger partial charge on any atom is 0.237 e. The van der Waals surface area contributed by atoms with E-state index < -0.39 is 6.04 Å². The van der Waals surface area contributed by atoms with Crippen molar-refractivity contribution in [1.29, 1.82) is 0 Å². The molecule has 0 saturated heterocycles. The summed E-state index contributed by atoms with van der Waals surface area (Å²) in [5.41, 5.74) is 6.54. The molecule has 0 bridgehead atoms. The van der Waals surface area contributed by atoms with Gasteiger partial charge >= 0.3 is 0 Å². The molecule has 3 N–H and O–H groups in total. The molecule has 4 heteroatoms. The van der Waals surface area contributed by atoms with Gasteiger partial charge in [-0.15, -0.1) is 0 Å². The third-order valence-electron chi connectivity index (χ3n) is 2.52. The van der Waals surface area contributed by atoms with Gasteiger partial charge in [0.1, 0.15) is 5.75 Å². The Balaban J connectivity index is 2.64. The number of rotatable bonds is 5. The first-order valence-electron chi connectivity index (χ1n) is 6.22. The zero-order valence-corrected chi connectivity index (χ0v) is 11.4. The number of benzene rings is 1. The first kappa shape index (κ1) is 14.5. The average molecular weight is 250 g/mol. The summed E-state index contributed by atoms with van der Waals surface area (Å²) in [5, 5.41) is 2.85. The number of ether oxygens (including phenoxy) is 1. The number of amides is 1. The van der Waals surface area contributed by atoms with Gasteiger partial charge in [0.15, 0.2) is 0 Å². The molecule has 0 aliphatic rings. The normalized spacial score (nSPS) is 14.1. The minimum Gasteiger partial charge on any atom is -0.491 e. The molecular formula is C14H22N2O2. The smallest absolute Gasteiger partial charge is 0.237 e. The SMILES string of the molecule is CC(C)Oc1ccc(C(C)NC(=O)[C@@H](C)N)cc1. The molecule has 0 aliphatic heterocycles. The van der Waals surface area contributed by atoms with E-state index in [-0.39, 0.29) is 18.1 Å². The van der Waals surface area contributed by atoms with Crippen molar-refractivity contribution >= 4 is 5.91 Å². The lowest BCUT2D eigenvalue weighted by molar-refractivity contribution is -0.122. The van der Waals surface area contributed by atoms with Crippen molar-refractivity contribution in [3.05, 3.63) is 29.8 Å². The van der Waals surface area contributed by atoms with E-state index in [4.69, 9.17) is 10.5 Å². The molecule has 1 rings (SSSR count). The number of nitrogens with two attached hydrogens (primary N) is 1. The molecule has 0 aliphatic carbocycles. The number of nitrogens with one attached hydrogen (secondary N) is 1. The van der Waals surface area contributed by atoms with E-state index in [2.05, 4.69) is 5.32 Å².